The lowest BCUT2D eigenvalue weighted by atomic mass is 10.2. The number of amides is 2. The van der Waals surface area contributed by atoms with Crippen LogP contribution in [0.4, 0.5) is 16.5 Å². The number of anilines is 3. The molecular weight excluding hydrogens is 462 g/mol. The summed E-state index contributed by atoms with van der Waals surface area (Å²) in [6.07, 6.45) is 1.25. The summed E-state index contributed by atoms with van der Waals surface area (Å²) in [6.45, 7) is 0.599. The van der Waals surface area contributed by atoms with E-state index >= 15 is 0 Å². The first-order valence-electron chi connectivity index (χ1n) is 9.15. The molecule has 0 aliphatic carbocycles. The zero-order chi connectivity index (χ0) is 22.0. The van der Waals surface area contributed by atoms with E-state index in [1.807, 2.05) is 0 Å². The number of carbonyl (C=O) groups excluding carboxylic acids is 2. The van der Waals surface area contributed by atoms with Crippen molar-refractivity contribution in [1.82, 2.24) is 10.2 Å². The van der Waals surface area contributed by atoms with Crippen LogP contribution in [0.15, 0.2) is 52.9 Å². The monoisotopic (exact) mass is 477 g/mol. The van der Waals surface area contributed by atoms with Crippen LogP contribution in [-0.4, -0.2) is 37.0 Å². The Morgan fingerprint density at radius 2 is 1.90 bits per heavy atom. The van der Waals surface area contributed by atoms with Crippen LogP contribution in [0.1, 0.15) is 23.2 Å². The molecule has 1 aromatic heterocycles. The molecule has 12 heteroatoms. The molecule has 3 aromatic rings. The molecule has 2 heterocycles. The Balaban J connectivity index is 1.47. The van der Waals surface area contributed by atoms with Gasteiger partial charge in [0.2, 0.25) is 11.0 Å². The number of aromatic nitrogens is 2. The number of rotatable bonds is 6. The van der Waals surface area contributed by atoms with E-state index in [4.69, 9.17) is 11.6 Å². The van der Waals surface area contributed by atoms with Crippen LogP contribution >= 0.6 is 22.9 Å². The van der Waals surface area contributed by atoms with Crippen molar-refractivity contribution in [2.24, 2.45) is 0 Å². The fourth-order valence-electron chi connectivity index (χ4n) is 3.00. The van der Waals surface area contributed by atoms with Crippen molar-refractivity contribution in [1.29, 1.82) is 0 Å². The maximum absolute atomic E-state index is 12.7. The molecule has 0 spiro atoms. The van der Waals surface area contributed by atoms with Crippen molar-refractivity contribution in [3.05, 3.63) is 59.1 Å². The number of carbonyl (C=O) groups is 2. The maximum atomic E-state index is 12.7. The Bertz CT molecular complexity index is 1240. The zero-order valence-corrected chi connectivity index (χ0v) is 18.3. The quantitative estimate of drug-likeness (QED) is 0.525. The van der Waals surface area contributed by atoms with Crippen LogP contribution in [0, 0.1) is 0 Å². The fraction of sp³-hybridized carbons (Fsp3) is 0.158. The molecule has 1 aliphatic heterocycles. The number of nitrogens with zero attached hydrogens (tertiary/aromatic N) is 3. The Hall–Kier alpha value is -3.02. The molecule has 1 fully saturated rings. The third-order valence-electron chi connectivity index (χ3n) is 4.45. The van der Waals surface area contributed by atoms with Crippen molar-refractivity contribution >= 4 is 61.3 Å². The van der Waals surface area contributed by atoms with Gasteiger partial charge in [0.25, 0.3) is 20.3 Å². The summed E-state index contributed by atoms with van der Waals surface area (Å²) in [5.41, 5.74) is 1.26. The Labute approximate surface area is 187 Å². The molecule has 0 bridgehead atoms. The van der Waals surface area contributed by atoms with Gasteiger partial charge in [0, 0.05) is 29.2 Å². The standard InChI is InChI=1S/C19H16ClN5O4S2/c20-13-8-6-12(7-9-13)17(27)21-18-22-23-19(30-18)31(28,29)24-14-3-1-4-15(11-14)25-10-2-5-16(25)26/h1,3-4,6-9,11,24H,2,5,10H2,(H,21,22,27). The van der Waals surface area contributed by atoms with Crippen LogP contribution in [0.3, 0.4) is 0 Å². The van der Waals surface area contributed by atoms with Crippen molar-refractivity contribution < 1.29 is 18.0 Å². The molecule has 1 aliphatic rings. The van der Waals surface area contributed by atoms with Gasteiger partial charge in [0.1, 0.15) is 0 Å². The summed E-state index contributed by atoms with van der Waals surface area (Å²) in [6, 6.07) is 12.8. The van der Waals surface area contributed by atoms with Crippen LogP contribution in [0.2, 0.25) is 5.02 Å². The van der Waals surface area contributed by atoms with E-state index in [1.165, 1.54) is 12.1 Å². The number of sulfonamides is 1. The second-order valence-electron chi connectivity index (χ2n) is 6.64. The van der Waals surface area contributed by atoms with Gasteiger partial charge in [-0.15, -0.1) is 10.2 Å². The van der Waals surface area contributed by atoms with Crippen LogP contribution < -0.4 is 14.9 Å². The number of benzene rings is 2. The van der Waals surface area contributed by atoms with Crippen molar-refractivity contribution in [2.75, 3.05) is 21.5 Å². The largest absolute Gasteiger partial charge is 0.312 e. The predicted molar refractivity (Wildman–Crippen MR) is 118 cm³/mol. The van der Waals surface area contributed by atoms with Crippen molar-refractivity contribution in [3.8, 4) is 0 Å². The van der Waals surface area contributed by atoms with Gasteiger partial charge < -0.3 is 4.90 Å². The average molecular weight is 478 g/mol. The highest BCUT2D eigenvalue weighted by Gasteiger charge is 2.24. The minimum absolute atomic E-state index is 0.00482. The third-order valence-corrected chi connectivity index (χ3v) is 7.29. The van der Waals surface area contributed by atoms with Crippen molar-refractivity contribution in [2.45, 2.75) is 17.2 Å². The molecule has 0 saturated carbocycles. The fourth-order valence-corrected chi connectivity index (χ4v) is 5.07. The minimum atomic E-state index is -4.03. The summed E-state index contributed by atoms with van der Waals surface area (Å²) in [7, 11) is -4.03. The van der Waals surface area contributed by atoms with Gasteiger partial charge in [-0.05, 0) is 48.9 Å². The van der Waals surface area contributed by atoms with Crippen LogP contribution in [0.5, 0.6) is 0 Å². The van der Waals surface area contributed by atoms with Crippen LogP contribution in [-0.2, 0) is 14.8 Å². The first-order chi connectivity index (χ1) is 14.8. The predicted octanol–water partition coefficient (Wildman–Crippen LogP) is 3.37. The molecule has 2 N–H and O–H groups in total. The summed E-state index contributed by atoms with van der Waals surface area (Å²) >= 11 is 6.53. The van der Waals surface area contributed by atoms with Gasteiger partial charge >= 0.3 is 0 Å². The maximum Gasteiger partial charge on any atom is 0.291 e. The molecule has 0 atom stereocenters. The Morgan fingerprint density at radius 1 is 1.13 bits per heavy atom. The van der Waals surface area contributed by atoms with Gasteiger partial charge in [0.15, 0.2) is 0 Å². The number of halogens is 1. The Morgan fingerprint density at radius 3 is 2.61 bits per heavy atom. The molecule has 2 aromatic carbocycles. The van der Waals surface area contributed by atoms with Gasteiger partial charge in [-0.25, -0.2) is 0 Å². The molecule has 1 saturated heterocycles. The summed E-state index contributed by atoms with van der Waals surface area (Å²) < 4.78 is 27.5. The normalized spacial score (nSPS) is 14.0. The lowest BCUT2D eigenvalue weighted by Gasteiger charge is -2.16. The number of nitrogens with one attached hydrogen (secondary N) is 2. The molecular formula is C19H16ClN5O4S2. The molecule has 0 radical (unpaired) electrons. The van der Waals surface area contributed by atoms with E-state index in [0.29, 0.717) is 34.9 Å². The van der Waals surface area contributed by atoms with E-state index in [1.54, 1.807) is 41.3 Å². The van der Waals surface area contributed by atoms with Crippen LogP contribution in [0.25, 0.3) is 0 Å². The second kappa shape index (κ2) is 8.61. The molecule has 31 heavy (non-hydrogen) atoms. The highest BCUT2D eigenvalue weighted by Crippen LogP contribution is 2.27. The number of hydrogen-bond donors (Lipinski definition) is 2. The molecule has 2 amide bonds. The van der Waals surface area contributed by atoms with E-state index in [2.05, 4.69) is 20.2 Å². The van der Waals surface area contributed by atoms with Gasteiger partial charge in [-0.1, -0.05) is 29.0 Å². The van der Waals surface area contributed by atoms with E-state index < -0.39 is 15.9 Å². The first-order valence-corrected chi connectivity index (χ1v) is 11.8. The minimum Gasteiger partial charge on any atom is -0.312 e. The first kappa shape index (κ1) is 21.2. The van der Waals surface area contributed by atoms with Gasteiger partial charge in [-0.3, -0.25) is 19.6 Å². The smallest absolute Gasteiger partial charge is 0.291 e. The van der Waals surface area contributed by atoms with Crippen molar-refractivity contribution in [3.63, 3.8) is 0 Å². The lowest BCUT2D eigenvalue weighted by molar-refractivity contribution is -0.117. The second-order valence-corrected chi connectivity index (χ2v) is 9.91. The molecule has 0 unspecified atom stereocenters. The van der Waals surface area contributed by atoms with E-state index in [0.717, 1.165) is 17.8 Å². The SMILES string of the molecule is O=C(Nc1nnc(S(=O)(=O)Nc2cccc(N3CCCC3=O)c2)s1)c1ccc(Cl)cc1. The Kier molecular flexibility index (Phi) is 5.90. The van der Waals surface area contributed by atoms with Gasteiger partial charge in [-0.2, -0.15) is 8.42 Å². The third kappa shape index (κ3) is 4.84. The highest BCUT2D eigenvalue weighted by molar-refractivity contribution is 7.94. The summed E-state index contributed by atoms with van der Waals surface area (Å²) in [5, 5.41) is 10.5. The van der Waals surface area contributed by atoms with Gasteiger partial charge in [0.05, 0.1) is 5.69 Å². The topological polar surface area (TPSA) is 121 Å². The van der Waals surface area contributed by atoms with E-state index in [9.17, 15) is 18.0 Å². The summed E-state index contributed by atoms with van der Waals surface area (Å²) in [5.74, 6) is -0.460. The molecule has 9 nitrogen and oxygen atoms in total. The lowest BCUT2D eigenvalue weighted by Crippen LogP contribution is -2.23. The number of hydrogen-bond acceptors (Lipinski definition) is 7. The molecule has 160 valence electrons. The average Bonchev–Trinajstić information content (AvgIpc) is 3.38. The molecule has 4 rings (SSSR count). The zero-order valence-electron chi connectivity index (χ0n) is 15.9. The highest BCUT2D eigenvalue weighted by atomic mass is 35.5. The van der Waals surface area contributed by atoms with E-state index in [-0.39, 0.29) is 15.4 Å². The summed E-state index contributed by atoms with van der Waals surface area (Å²) in [4.78, 5) is 25.8.